The lowest BCUT2D eigenvalue weighted by molar-refractivity contribution is 0.0600. The second kappa shape index (κ2) is 5.25. The van der Waals surface area contributed by atoms with E-state index in [1.165, 1.54) is 7.11 Å². The van der Waals surface area contributed by atoms with E-state index in [-0.39, 0.29) is 5.97 Å². The van der Waals surface area contributed by atoms with Gasteiger partial charge >= 0.3 is 5.97 Å². The number of hydrogen-bond acceptors (Lipinski definition) is 4. The molecule has 5 heteroatoms. The van der Waals surface area contributed by atoms with Crippen LogP contribution < -0.4 is 0 Å². The predicted molar refractivity (Wildman–Crippen MR) is 76.0 cm³/mol. The number of fused-ring (bicyclic) bond motifs is 1. The fourth-order valence-corrected chi connectivity index (χ4v) is 2.83. The third-order valence-corrected chi connectivity index (χ3v) is 4.07. The molecule has 0 radical (unpaired) electrons. The lowest BCUT2D eigenvalue weighted by Gasteiger charge is -2.28. The average Bonchev–Trinajstić information content (AvgIpc) is 2.90. The summed E-state index contributed by atoms with van der Waals surface area (Å²) >= 11 is 0. The van der Waals surface area contributed by atoms with E-state index in [1.807, 2.05) is 18.5 Å². The van der Waals surface area contributed by atoms with Crippen LogP contribution in [0.2, 0.25) is 0 Å². The minimum atomic E-state index is -0.311. The van der Waals surface area contributed by atoms with Crippen molar-refractivity contribution in [2.75, 3.05) is 27.2 Å². The predicted octanol–water partition coefficient (Wildman–Crippen LogP) is 1.93. The SMILES string of the molecule is COC(=O)c1ccn2c(C3CCN(C)CC3)ncc2c1. The van der Waals surface area contributed by atoms with Gasteiger partial charge in [0.1, 0.15) is 5.82 Å². The summed E-state index contributed by atoms with van der Waals surface area (Å²) < 4.78 is 6.83. The number of imidazole rings is 1. The van der Waals surface area contributed by atoms with Gasteiger partial charge in [0, 0.05) is 12.1 Å². The van der Waals surface area contributed by atoms with E-state index in [0.717, 1.165) is 37.3 Å². The number of aromatic nitrogens is 2. The van der Waals surface area contributed by atoms with Gasteiger partial charge < -0.3 is 14.0 Å². The first kappa shape index (κ1) is 13.1. The average molecular weight is 273 g/mol. The minimum absolute atomic E-state index is 0.311. The Morgan fingerprint density at radius 1 is 1.40 bits per heavy atom. The van der Waals surface area contributed by atoms with Gasteiger partial charge in [0.2, 0.25) is 0 Å². The van der Waals surface area contributed by atoms with Gasteiger partial charge in [0.15, 0.2) is 0 Å². The van der Waals surface area contributed by atoms with E-state index in [9.17, 15) is 4.79 Å². The van der Waals surface area contributed by atoms with Gasteiger partial charge in [-0.25, -0.2) is 9.78 Å². The van der Waals surface area contributed by atoms with Gasteiger partial charge in [-0.15, -0.1) is 0 Å². The highest BCUT2D eigenvalue weighted by Crippen LogP contribution is 2.27. The second-order valence-corrected chi connectivity index (χ2v) is 5.40. The number of esters is 1. The van der Waals surface area contributed by atoms with Crippen LogP contribution in [0.25, 0.3) is 5.52 Å². The van der Waals surface area contributed by atoms with Crippen LogP contribution in [0.1, 0.15) is 34.9 Å². The zero-order chi connectivity index (χ0) is 14.1. The molecule has 0 atom stereocenters. The van der Waals surface area contributed by atoms with E-state index < -0.39 is 0 Å². The normalized spacial score (nSPS) is 17.5. The van der Waals surface area contributed by atoms with Crippen molar-refractivity contribution in [2.45, 2.75) is 18.8 Å². The number of hydrogen-bond donors (Lipinski definition) is 0. The number of carbonyl (C=O) groups is 1. The van der Waals surface area contributed by atoms with Gasteiger partial charge in [-0.3, -0.25) is 0 Å². The number of pyridine rings is 1. The first-order valence-corrected chi connectivity index (χ1v) is 6.93. The van der Waals surface area contributed by atoms with Gasteiger partial charge in [-0.05, 0) is 45.1 Å². The van der Waals surface area contributed by atoms with Crippen molar-refractivity contribution in [3.05, 3.63) is 35.9 Å². The summed E-state index contributed by atoms with van der Waals surface area (Å²) in [7, 11) is 3.55. The summed E-state index contributed by atoms with van der Waals surface area (Å²) in [6.45, 7) is 2.22. The molecule has 5 nitrogen and oxygen atoms in total. The van der Waals surface area contributed by atoms with Crippen LogP contribution in [-0.4, -0.2) is 47.5 Å². The van der Waals surface area contributed by atoms with Crippen molar-refractivity contribution in [1.82, 2.24) is 14.3 Å². The van der Waals surface area contributed by atoms with Crippen molar-refractivity contribution in [3.63, 3.8) is 0 Å². The van der Waals surface area contributed by atoms with E-state index in [0.29, 0.717) is 11.5 Å². The molecule has 1 aliphatic heterocycles. The molecule has 0 spiro atoms. The Hall–Kier alpha value is -1.88. The van der Waals surface area contributed by atoms with E-state index in [1.54, 1.807) is 6.07 Å². The molecule has 20 heavy (non-hydrogen) atoms. The third-order valence-electron chi connectivity index (χ3n) is 4.07. The number of rotatable bonds is 2. The molecular formula is C15H19N3O2. The molecule has 106 valence electrons. The molecule has 0 saturated carbocycles. The van der Waals surface area contributed by atoms with E-state index in [2.05, 4.69) is 21.3 Å². The smallest absolute Gasteiger partial charge is 0.337 e. The maximum Gasteiger partial charge on any atom is 0.337 e. The van der Waals surface area contributed by atoms with E-state index >= 15 is 0 Å². The minimum Gasteiger partial charge on any atom is -0.465 e. The van der Waals surface area contributed by atoms with Crippen LogP contribution in [0.15, 0.2) is 24.5 Å². The Kier molecular flexibility index (Phi) is 3.44. The van der Waals surface area contributed by atoms with Crippen molar-refractivity contribution < 1.29 is 9.53 Å². The molecule has 0 aromatic carbocycles. The number of nitrogens with zero attached hydrogens (tertiary/aromatic N) is 3. The third kappa shape index (κ3) is 2.29. The number of ether oxygens (including phenoxy) is 1. The summed E-state index contributed by atoms with van der Waals surface area (Å²) in [5.41, 5.74) is 1.51. The molecule has 1 aliphatic rings. The standard InChI is InChI=1S/C15H19N3O2/c1-17-6-3-11(4-7-17)14-16-10-13-9-12(15(19)20-2)5-8-18(13)14/h5,8-11H,3-4,6-7H2,1-2H3. The van der Waals surface area contributed by atoms with Crippen LogP contribution in [0.3, 0.4) is 0 Å². The van der Waals surface area contributed by atoms with Crippen LogP contribution in [0.4, 0.5) is 0 Å². The van der Waals surface area contributed by atoms with Crippen LogP contribution in [0, 0.1) is 0 Å². The molecule has 0 aliphatic carbocycles. The number of methoxy groups -OCH3 is 1. The van der Waals surface area contributed by atoms with Crippen LogP contribution >= 0.6 is 0 Å². The molecule has 1 fully saturated rings. The lowest BCUT2D eigenvalue weighted by atomic mass is 9.96. The maximum absolute atomic E-state index is 11.5. The number of piperidine rings is 1. The van der Waals surface area contributed by atoms with Gasteiger partial charge in [0.25, 0.3) is 0 Å². The Morgan fingerprint density at radius 2 is 2.15 bits per heavy atom. The van der Waals surface area contributed by atoms with Gasteiger partial charge in [-0.1, -0.05) is 0 Å². The molecule has 0 bridgehead atoms. The van der Waals surface area contributed by atoms with Crippen LogP contribution in [0.5, 0.6) is 0 Å². The zero-order valence-electron chi connectivity index (χ0n) is 11.9. The molecule has 0 N–H and O–H groups in total. The number of likely N-dealkylation sites (tertiary alicyclic amines) is 1. The van der Waals surface area contributed by atoms with Crippen molar-refractivity contribution in [1.29, 1.82) is 0 Å². The maximum atomic E-state index is 11.5. The second-order valence-electron chi connectivity index (χ2n) is 5.40. The quantitative estimate of drug-likeness (QED) is 0.784. The molecule has 2 aromatic heterocycles. The van der Waals surface area contributed by atoms with E-state index in [4.69, 9.17) is 4.74 Å². The first-order chi connectivity index (χ1) is 9.69. The molecule has 2 aromatic rings. The molecule has 3 heterocycles. The molecule has 1 saturated heterocycles. The summed E-state index contributed by atoms with van der Waals surface area (Å²) in [6.07, 6.45) is 6.02. The summed E-state index contributed by atoms with van der Waals surface area (Å²) in [5.74, 6) is 1.29. The largest absolute Gasteiger partial charge is 0.465 e. The molecular weight excluding hydrogens is 254 g/mol. The lowest BCUT2D eigenvalue weighted by Crippen LogP contribution is -2.29. The Balaban J connectivity index is 1.92. The summed E-state index contributed by atoms with van der Waals surface area (Å²) in [6, 6.07) is 3.62. The van der Waals surface area contributed by atoms with Gasteiger partial charge in [-0.2, -0.15) is 0 Å². The highest BCUT2D eigenvalue weighted by Gasteiger charge is 2.22. The Bertz CT molecular complexity index is 627. The van der Waals surface area contributed by atoms with Gasteiger partial charge in [0.05, 0.1) is 24.4 Å². The monoisotopic (exact) mass is 273 g/mol. The summed E-state index contributed by atoms with van der Waals surface area (Å²) in [4.78, 5) is 18.5. The molecule has 0 unspecified atom stereocenters. The highest BCUT2D eigenvalue weighted by molar-refractivity contribution is 5.90. The Labute approximate surface area is 118 Å². The Morgan fingerprint density at radius 3 is 2.85 bits per heavy atom. The van der Waals surface area contributed by atoms with Crippen LogP contribution in [-0.2, 0) is 4.74 Å². The molecule has 3 rings (SSSR count). The zero-order valence-corrected chi connectivity index (χ0v) is 11.9. The van der Waals surface area contributed by atoms with Crippen molar-refractivity contribution in [2.24, 2.45) is 0 Å². The topological polar surface area (TPSA) is 46.8 Å². The van der Waals surface area contributed by atoms with Crippen molar-refractivity contribution >= 4 is 11.5 Å². The first-order valence-electron chi connectivity index (χ1n) is 6.93. The van der Waals surface area contributed by atoms with Crippen molar-refractivity contribution in [3.8, 4) is 0 Å². The summed E-state index contributed by atoms with van der Waals surface area (Å²) in [5, 5.41) is 0. The fraction of sp³-hybridized carbons (Fsp3) is 0.467. The molecule has 0 amide bonds. The highest BCUT2D eigenvalue weighted by atomic mass is 16.5. The fourth-order valence-electron chi connectivity index (χ4n) is 2.83. The number of carbonyl (C=O) groups excluding carboxylic acids is 1.